The Kier molecular flexibility index (Phi) is 5.84. The summed E-state index contributed by atoms with van der Waals surface area (Å²) in [5.41, 5.74) is 0.911. The molecule has 2 N–H and O–H groups in total. The molecule has 0 bridgehead atoms. The van der Waals surface area contributed by atoms with Crippen molar-refractivity contribution >= 4 is 6.03 Å². The van der Waals surface area contributed by atoms with Gasteiger partial charge in [0.05, 0.1) is 18.3 Å². The summed E-state index contributed by atoms with van der Waals surface area (Å²) in [6, 6.07) is 2.54. The van der Waals surface area contributed by atoms with Gasteiger partial charge in [-0.25, -0.2) is 4.79 Å². The average molecular weight is 290 g/mol. The molecule has 1 aliphatic rings. The second-order valence-electron chi connectivity index (χ2n) is 5.68. The highest BCUT2D eigenvalue weighted by molar-refractivity contribution is 5.74. The van der Waals surface area contributed by atoms with E-state index in [1.54, 1.807) is 0 Å². The van der Waals surface area contributed by atoms with Gasteiger partial charge in [-0.3, -0.25) is 4.68 Å². The zero-order valence-corrected chi connectivity index (χ0v) is 12.8. The second-order valence-corrected chi connectivity index (χ2v) is 5.68. The summed E-state index contributed by atoms with van der Waals surface area (Å²) >= 11 is 0. The molecule has 0 unspecified atom stereocenters. The number of rotatable bonds is 7. The van der Waals surface area contributed by atoms with Crippen LogP contribution in [-0.2, 0) is 6.54 Å². The van der Waals surface area contributed by atoms with E-state index < -0.39 is 0 Å². The van der Waals surface area contributed by atoms with E-state index in [1.165, 1.54) is 25.7 Å². The first-order valence-corrected chi connectivity index (χ1v) is 7.92. The Morgan fingerprint density at radius 3 is 3.00 bits per heavy atom. The van der Waals surface area contributed by atoms with Gasteiger partial charge >= 0.3 is 6.03 Å². The normalized spacial score (nSPS) is 16.6. The fourth-order valence-corrected chi connectivity index (χ4v) is 2.78. The third-order valence-electron chi connectivity index (χ3n) is 4.07. The fourth-order valence-electron chi connectivity index (χ4n) is 2.78. The highest BCUT2D eigenvalue weighted by Gasteiger charge is 2.17. The zero-order valence-electron chi connectivity index (χ0n) is 12.8. The highest BCUT2D eigenvalue weighted by Crippen LogP contribution is 2.28. The Labute approximate surface area is 126 Å². The van der Waals surface area contributed by atoms with E-state index in [9.17, 15) is 4.79 Å². The Balaban J connectivity index is 1.77. The molecule has 116 valence electrons. The van der Waals surface area contributed by atoms with Crippen molar-refractivity contribution in [1.82, 2.24) is 20.4 Å². The maximum atomic E-state index is 11.8. The standard InChI is InChI=1S/C16H26N4O/c1-3-7-13(4-2)18-16(21)17-12-14-10-11-20(19-14)15-8-5-6-9-15/h3,10-11,13,15H,1,4-9,12H2,2H3,(H2,17,18,21)/t13-/m1/s1. The van der Waals surface area contributed by atoms with Crippen LogP contribution in [0.1, 0.15) is 57.2 Å². The van der Waals surface area contributed by atoms with Crippen molar-refractivity contribution in [1.29, 1.82) is 0 Å². The van der Waals surface area contributed by atoms with Crippen molar-refractivity contribution in [3.63, 3.8) is 0 Å². The van der Waals surface area contributed by atoms with Crippen LogP contribution in [0, 0.1) is 0 Å². The molecular weight excluding hydrogens is 264 g/mol. The van der Waals surface area contributed by atoms with Crippen LogP contribution in [-0.4, -0.2) is 21.9 Å². The van der Waals surface area contributed by atoms with Crippen molar-refractivity contribution < 1.29 is 4.79 Å². The Hall–Kier alpha value is -1.78. The van der Waals surface area contributed by atoms with Crippen molar-refractivity contribution in [3.05, 3.63) is 30.6 Å². The van der Waals surface area contributed by atoms with Crippen molar-refractivity contribution in [2.24, 2.45) is 0 Å². The van der Waals surface area contributed by atoms with Crippen LogP contribution in [0.15, 0.2) is 24.9 Å². The van der Waals surface area contributed by atoms with E-state index in [-0.39, 0.29) is 12.1 Å². The van der Waals surface area contributed by atoms with Gasteiger partial charge in [0.15, 0.2) is 0 Å². The molecule has 2 amide bonds. The minimum absolute atomic E-state index is 0.140. The van der Waals surface area contributed by atoms with Crippen LogP contribution in [0.5, 0.6) is 0 Å². The number of nitrogens with zero attached hydrogens (tertiary/aromatic N) is 2. The first kappa shape index (κ1) is 15.6. The molecule has 1 saturated carbocycles. The van der Waals surface area contributed by atoms with E-state index in [2.05, 4.69) is 33.9 Å². The molecule has 0 aliphatic heterocycles. The number of hydrogen-bond acceptors (Lipinski definition) is 2. The number of amides is 2. The fraction of sp³-hybridized carbons (Fsp3) is 0.625. The van der Waals surface area contributed by atoms with Crippen molar-refractivity contribution in [2.75, 3.05) is 0 Å². The molecule has 0 radical (unpaired) electrons. The maximum absolute atomic E-state index is 11.8. The van der Waals surface area contributed by atoms with Crippen LogP contribution in [0.4, 0.5) is 4.79 Å². The summed E-state index contributed by atoms with van der Waals surface area (Å²) in [5.74, 6) is 0. The first-order valence-electron chi connectivity index (χ1n) is 7.92. The van der Waals surface area contributed by atoms with E-state index in [1.807, 2.05) is 18.3 Å². The molecule has 0 saturated heterocycles. The summed E-state index contributed by atoms with van der Waals surface area (Å²) in [6.07, 6.45) is 10.6. The van der Waals surface area contributed by atoms with Gasteiger partial charge in [-0.2, -0.15) is 5.10 Å². The predicted molar refractivity (Wildman–Crippen MR) is 84.0 cm³/mol. The Morgan fingerprint density at radius 2 is 2.33 bits per heavy atom. The average Bonchev–Trinajstić information content (AvgIpc) is 3.15. The molecule has 1 aliphatic carbocycles. The van der Waals surface area contributed by atoms with Gasteiger partial charge in [0.1, 0.15) is 0 Å². The maximum Gasteiger partial charge on any atom is 0.315 e. The Bertz CT molecular complexity index is 463. The summed E-state index contributed by atoms with van der Waals surface area (Å²) in [5, 5.41) is 10.4. The van der Waals surface area contributed by atoms with Gasteiger partial charge in [-0.05, 0) is 31.7 Å². The lowest BCUT2D eigenvalue weighted by Crippen LogP contribution is -2.41. The van der Waals surface area contributed by atoms with Crippen LogP contribution in [0.3, 0.4) is 0 Å². The molecular formula is C16H26N4O. The summed E-state index contributed by atoms with van der Waals surface area (Å²) in [6.45, 7) is 6.23. The largest absolute Gasteiger partial charge is 0.335 e. The molecule has 0 spiro atoms. The quantitative estimate of drug-likeness (QED) is 0.758. The third kappa shape index (κ3) is 4.62. The lowest BCUT2D eigenvalue weighted by Gasteiger charge is -2.15. The van der Waals surface area contributed by atoms with Gasteiger partial charge in [0.2, 0.25) is 0 Å². The highest BCUT2D eigenvalue weighted by atomic mass is 16.2. The monoisotopic (exact) mass is 290 g/mol. The van der Waals surface area contributed by atoms with E-state index in [4.69, 9.17) is 0 Å². The number of nitrogens with one attached hydrogen (secondary N) is 2. The van der Waals surface area contributed by atoms with E-state index >= 15 is 0 Å². The van der Waals surface area contributed by atoms with E-state index in [0.717, 1.165) is 18.5 Å². The van der Waals surface area contributed by atoms with Crippen LogP contribution in [0.25, 0.3) is 0 Å². The molecule has 1 fully saturated rings. The molecule has 5 heteroatoms. The molecule has 21 heavy (non-hydrogen) atoms. The number of aromatic nitrogens is 2. The first-order chi connectivity index (χ1) is 10.2. The number of carbonyl (C=O) groups excluding carboxylic acids is 1. The van der Waals surface area contributed by atoms with Crippen LogP contribution >= 0.6 is 0 Å². The lowest BCUT2D eigenvalue weighted by molar-refractivity contribution is 0.236. The molecule has 0 aromatic carbocycles. The minimum Gasteiger partial charge on any atom is -0.335 e. The minimum atomic E-state index is -0.140. The topological polar surface area (TPSA) is 59.0 Å². The number of hydrogen-bond donors (Lipinski definition) is 2. The Morgan fingerprint density at radius 1 is 1.57 bits per heavy atom. The van der Waals surface area contributed by atoms with Gasteiger partial charge in [-0.1, -0.05) is 25.8 Å². The molecule has 1 heterocycles. The number of carbonyl (C=O) groups is 1. The zero-order chi connectivity index (χ0) is 15.1. The molecule has 5 nitrogen and oxygen atoms in total. The second kappa shape index (κ2) is 7.86. The van der Waals surface area contributed by atoms with E-state index in [0.29, 0.717) is 12.6 Å². The molecule has 1 aromatic rings. The lowest BCUT2D eigenvalue weighted by atomic mass is 10.1. The van der Waals surface area contributed by atoms with Crippen molar-refractivity contribution in [2.45, 2.75) is 64.1 Å². The van der Waals surface area contributed by atoms with Gasteiger partial charge in [0.25, 0.3) is 0 Å². The molecule has 1 atom stereocenters. The van der Waals surface area contributed by atoms with Crippen molar-refractivity contribution in [3.8, 4) is 0 Å². The number of urea groups is 1. The van der Waals surface area contributed by atoms with Gasteiger partial charge in [0, 0.05) is 12.2 Å². The summed E-state index contributed by atoms with van der Waals surface area (Å²) in [7, 11) is 0. The summed E-state index contributed by atoms with van der Waals surface area (Å²) in [4.78, 5) is 11.8. The van der Waals surface area contributed by atoms with Gasteiger partial charge in [-0.15, -0.1) is 6.58 Å². The van der Waals surface area contributed by atoms with Crippen LogP contribution < -0.4 is 10.6 Å². The molecule has 2 rings (SSSR count). The smallest absolute Gasteiger partial charge is 0.315 e. The third-order valence-corrected chi connectivity index (χ3v) is 4.07. The summed E-state index contributed by atoms with van der Waals surface area (Å²) < 4.78 is 2.05. The van der Waals surface area contributed by atoms with Crippen LogP contribution in [0.2, 0.25) is 0 Å². The molecule has 1 aromatic heterocycles. The SMILES string of the molecule is C=CC[C@@H](CC)NC(=O)NCc1ccn(C2CCCC2)n1. The van der Waals surface area contributed by atoms with Gasteiger partial charge < -0.3 is 10.6 Å². The predicted octanol–water partition coefficient (Wildman–Crippen LogP) is 3.15.